The summed E-state index contributed by atoms with van der Waals surface area (Å²) in [7, 11) is 0. The Kier molecular flexibility index (Phi) is 5.85. The van der Waals surface area contributed by atoms with Gasteiger partial charge in [-0.05, 0) is 80.0 Å². The molecule has 1 aliphatic rings. The second-order valence-corrected chi connectivity index (χ2v) is 9.13. The fourth-order valence-corrected chi connectivity index (χ4v) is 4.85. The zero-order valence-corrected chi connectivity index (χ0v) is 19.3. The third-order valence-corrected chi connectivity index (χ3v) is 6.24. The monoisotopic (exact) mass is 438 g/mol. The van der Waals surface area contributed by atoms with E-state index in [1.807, 2.05) is 30.5 Å². The molecule has 0 amide bonds. The van der Waals surface area contributed by atoms with Gasteiger partial charge in [0, 0.05) is 34.8 Å². The highest BCUT2D eigenvalue weighted by Crippen LogP contribution is 2.41. The first-order chi connectivity index (χ1) is 14.4. The van der Waals surface area contributed by atoms with Crippen LogP contribution in [-0.4, -0.2) is 26.1 Å². The number of hydrogen-bond acceptors (Lipinski definition) is 2. The number of thiocarbonyl (C=S) groups is 1. The highest BCUT2D eigenvalue weighted by molar-refractivity contribution is 7.80. The lowest BCUT2D eigenvalue weighted by Crippen LogP contribution is -2.33. The van der Waals surface area contributed by atoms with Gasteiger partial charge in [0.1, 0.15) is 0 Å². The molecule has 1 N–H and O–H groups in total. The van der Waals surface area contributed by atoms with Gasteiger partial charge >= 0.3 is 0 Å². The normalized spacial score (nSPS) is 18.9. The van der Waals surface area contributed by atoms with Gasteiger partial charge in [0.15, 0.2) is 5.11 Å². The van der Waals surface area contributed by atoms with Crippen molar-refractivity contribution in [2.24, 2.45) is 5.92 Å². The van der Waals surface area contributed by atoms with Crippen molar-refractivity contribution >= 4 is 28.9 Å². The predicted molar refractivity (Wildman–Crippen MR) is 127 cm³/mol. The molecule has 3 heterocycles. The summed E-state index contributed by atoms with van der Waals surface area (Å²) >= 11 is 11.9. The molecule has 1 aromatic carbocycles. The van der Waals surface area contributed by atoms with Crippen LogP contribution in [0.15, 0.2) is 54.7 Å². The van der Waals surface area contributed by atoms with Gasteiger partial charge in [-0.15, -0.1) is 0 Å². The second-order valence-electron chi connectivity index (χ2n) is 8.31. The van der Waals surface area contributed by atoms with E-state index >= 15 is 0 Å². The zero-order valence-electron chi connectivity index (χ0n) is 17.8. The first-order valence-corrected chi connectivity index (χ1v) is 11.1. The molecule has 2 aromatic heterocycles. The van der Waals surface area contributed by atoms with E-state index < -0.39 is 0 Å². The summed E-state index contributed by atoms with van der Waals surface area (Å²) in [5.41, 5.74) is 5.78. The molecule has 0 saturated carbocycles. The van der Waals surface area contributed by atoms with Gasteiger partial charge in [0.25, 0.3) is 0 Å². The van der Waals surface area contributed by atoms with Crippen molar-refractivity contribution in [3.63, 3.8) is 0 Å². The summed E-state index contributed by atoms with van der Waals surface area (Å²) in [5, 5.41) is 5.08. The van der Waals surface area contributed by atoms with Crippen LogP contribution in [0.2, 0.25) is 5.02 Å². The highest BCUT2D eigenvalue weighted by atomic mass is 35.5. The average molecular weight is 439 g/mol. The van der Waals surface area contributed by atoms with Crippen molar-refractivity contribution < 1.29 is 0 Å². The molecular formula is C24H27ClN4S. The minimum Gasteiger partial charge on any atom is -0.352 e. The molecule has 6 heteroatoms. The Morgan fingerprint density at radius 2 is 1.87 bits per heavy atom. The van der Waals surface area contributed by atoms with Crippen LogP contribution in [0.3, 0.4) is 0 Å². The molecule has 2 atom stereocenters. The lowest BCUT2D eigenvalue weighted by Gasteiger charge is -2.29. The lowest BCUT2D eigenvalue weighted by atomic mass is 9.96. The number of aryl methyl sites for hydroxylation is 1. The maximum Gasteiger partial charge on any atom is 0.170 e. The number of halogens is 1. The van der Waals surface area contributed by atoms with Crippen molar-refractivity contribution in [2.45, 2.75) is 39.8 Å². The maximum atomic E-state index is 6.11. The van der Waals surface area contributed by atoms with Crippen molar-refractivity contribution in [1.29, 1.82) is 0 Å². The molecule has 0 bridgehead atoms. The van der Waals surface area contributed by atoms with E-state index in [0.29, 0.717) is 5.92 Å². The van der Waals surface area contributed by atoms with Crippen molar-refractivity contribution in [2.75, 3.05) is 6.54 Å². The first-order valence-electron chi connectivity index (χ1n) is 10.3. The van der Waals surface area contributed by atoms with Crippen LogP contribution in [-0.2, 0) is 0 Å². The van der Waals surface area contributed by atoms with Crippen molar-refractivity contribution in [1.82, 2.24) is 19.8 Å². The largest absolute Gasteiger partial charge is 0.352 e. The number of aromatic nitrogens is 2. The van der Waals surface area contributed by atoms with Gasteiger partial charge in [-0.25, -0.2) is 0 Å². The van der Waals surface area contributed by atoms with E-state index in [4.69, 9.17) is 23.8 Å². The lowest BCUT2D eigenvalue weighted by molar-refractivity contribution is 0.287. The molecule has 156 valence electrons. The van der Waals surface area contributed by atoms with Crippen molar-refractivity contribution in [3.05, 3.63) is 82.4 Å². The molecule has 0 aliphatic carbocycles. The highest BCUT2D eigenvalue weighted by Gasteiger charge is 2.41. The van der Waals surface area contributed by atoms with E-state index in [2.05, 4.69) is 71.7 Å². The summed E-state index contributed by atoms with van der Waals surface area (Å²) < 4.78 is 2.29. The third-order valence-electron chi connectivity index (χ3n) is 5.63. The first kappa shape index (κ1) is 20.9. The minimum atomic E-state index is 0.0108. The van der Waals surface area contributed by atoms with Gasteiger partial charge in [0.05, 0.1) is 17.8 Å². The number of rotatable bonds is 5. The van der Waals surface area contributed by atoms with Crippen LogP contribution in [0.25, 0.3) is 5.69 Å². The molecule has 1 saturated heterocycles. The second kappa shape index (κ2) is 8.40. The Balaban J connectivity index is 1.83. The van der Waals surface area contributed by atoms with Gasteiger partial charge in [-0.2, -0.15) is 0 Å². The summed E-state index contributed by atoms with van der Waals surface area (Å²) in [6.07, 6.45) is 1.85. The molecule has 1 fully saturated rings. The van der Waals surface area contributed by atoms with Gasteiger partial charge < -0.3 is 14.8 Å². The smallest absolute Gasteiger partial charge is 0.170 e. The van der Waals surface area contributed by atoms with Gasteiger partial charge in [0.2, 0.25) is 0 Å². The van der Waals surface area contributed by atoms with Crippen molar-refractivity contribution in [3.8, 4) is 5.69 Å². The Hall–Kier alpha value is -2.37. The number of pyridine rings is 1. The Bertz CT molecular complexity index is 1040. The molecule has 1 aliphatic heterocycles. The Labute approximate surface area is 188 Å². The zero-order chi connectivity index (χ0) is 21.4. The number of hydrogen-bond donors (Lipinski definition) is 1. The molecule has 0 spiro atoms. The van der Waals surface area contributed by atoms with Gasteiger partial charge in [-0.1, -0.05) is 31.5 Å². The number of nitrogens with zero attached hydrogens (tertiary/aromatic N) is 3. The van der Waals surface area contributed by atoms with E-state index in [-0.39, 0.29) is 12.1 Å². The molecular weight excluding hydrogens is 412 g/mol. The van der Waals surface area contributed by atoms with E-state index in [9.17, 15) is 0 Å². The Morgan fingerprint density at radius 1 is 1.13 bits per heavy atom. The van der Waals surface area contributed by atoms with Crippen LogP contribution in [0, 0.1) is 19.8 Å². The SMILES string of the molecule is Cc1cc([C@H]2[C@H](c3ccccn3)NC(=S)N2CC(C)C)c(C)n1-c1ccc(Cl)cc1. The maximum absolute atomic E-state index is 6.11. The van der Waals surface area contributed by atoms with Crippen LogP contribution in [0.1, 0.15) is 48.6 Å². The Morgan fingerprint density at radius 3 is 2.50 bits per heavy atom. The standard InChI is InChI=1S/C24H27ClN4S/c1-15(2)14-28-23(22(27-24(28)30)21-7-5-6-12-26-21)20-13-16(3)29(17(20)4)19-10-8-18(25)9-11-19/h5-13,15,22-23H,14H2,1-4H3,(H,27,30)/t22-,23-/m0/s1. The summed E-state index contributed by atoms with van der Waals surface area (Å²) in [4.78, 5) is 6.97. The van der Waals surface area contributed by atoms with E-state index in [1.165, 1.54) is 17.0 Å². The fourth-order valence-electron chi connectivity index (χ4n) is 4.41. The quantitative estimate of drug-likeness (QED) is 0.512. The minimum absolute atomic E-state index is 0.0108. The van der Waals surface area contributed by atoms with Crippen LogP contribution in [0.4, 0.5) is 0 Å². The molecule has 3 aromatic rings. The summed E-state index contributed by atoms with van der Waals surface area (Å²) in [6, 6.07) is 16.4. The molecule has 30 heavy (non-hydrogen) atoms. The molecule has 0 radical (unpaired) electrons. The van der Waals surface area contributed by atoms with Crippen LogP contribution >= 0.6 is 23.8 Å². The van der Waals surface area contributed by atoms with E-state index in [0.717, 1.165) is 28.1 Å². The molecule has 4 nitrogen and oxygen atoms in total. The molecule has 4 rings (SSSR count). The average Bonchev–Trinajstić information content (AvgIpc) is 3.19. The summed E-state index contributed by atoms with van der Waals surface area (Å²) in [6.45, 7) is 9.68. The molecule has 0 unspecified atom stereocenters. The topological polar surface area (TPSA) is 33.1 Å². The summed E-state index contributed by atoms with van der Waals surface area (Å²) in [5.74, 6) is 0.495. The predicted octanol–water partition coefficient (Wildman–Crippen LogP) is 5.77. The third kappa shape index (κ3) is 3.84. The number of benzene rings is 1. The fraction of sp³-hybridized carbons (Fsp3) is 0.333. The number of nitrogens with one attached hydrogen (secondary N) is 1. The van der Waals surface area contributed by atoms with E-state index in [1.54, 1.807) is 0 Å². The van der Waals surface area contributed by atoms with Crippen LogP contribution < -0.4 is 5.32 Å². The van der Waals surface area contributed by atoms with Gasteiger partial charge in [-0.3, -0.25) is 4.98 Å². The van der Waals surface area contributed by atoms with Crippen LogP contribution in [0.5, 0.6) is 0 Å².